The largest absolute Gasteiger partial charge is 0.387 e. The summed E-state index contributed by atoms with van der Waals surface area (Å²) in [5.74, 6) is 0. The number of hydrogen-bond donors (Lipinski definition) is 1. The van der Waals surface area contributed by atoms with E-state index < -0.39 is 0 Å². The molecule has 218 valence electrons. The molecule has 2 nitrogen and oxygen atoms in total. The summed E-state index contributed by atoms with van der Waals surface area (Å²) in [5, 5.41) is 9.84. The molecule has 0 aliphatic carbocycles. The van der Waals surface area contributed by atoms with Gasteiger partial charge in [0.15, 0.2) is 0 Å². The molecule has 7 aromatic carbocycles. The number of rotatable bonds is 4. The van der Waals surface area contributed by atoms with Gasteiger partial charge in [0.25, 0.3) is 0 Å². The summed E-state index contributed by atoms with van der Waals surface area (Å²) in [5.41, 5.74) is 13.8. The third kappa shape index (κ3) is 4.18. The van der Waals surface area contributed by atoms with Crippen LogP contribution in [-0.2, 0) is 6.54 Å². The number of nitrogens with one attached hydrogen (secondary N) is 1. The van der Waals surface area contributed by atoms with Crippen molar-refractivity contribution in [3.05, 3.63) is 169 Å². The second-order valence-electron chi connectivity index (χ2n) is 12.3. The van der Waals surface area contributed by atoms with Gasteiger partial charge >= 0.3 is 0 Å². The molecule has 0 radical (unpaired) electrons. The Kier molecular flexibility index (Phi) is 6.14. The van der Waals surface area contributed by atoms with E-state index in [1.165, 1.54) is 88.3 Å². The summed E-state index contributed by atoms with van der Waals surface area (Å²) in [7, 11) is 0. The fourth-order valence-corrected chi connectivity index (χ4v) is 7.45. The standard InChI is InChI=1S/C44H32N2/c1-29-11-10-16-34(25-29)46-41-22-20-33(26-38(41)40-28-45-24-23-42(40)46)32-19-21-37-39(27-32)44(31-14-6-3-7-15-31)36-18-9-8-17-35(36)43(37)30-12-4-2-5-13-30/h2-27,45H,28H2,1H3. The van der Waals surface area contributed by atoms with Crippen LogP contribution in [0.25, 0.3) is 77.6 Å². The van der Waals surface area contributed by atoms with E-state index in [9.17, 15) is 0 Å². The molecule has 0 bridgehead atoms. The van der Waals surface area contributed by atoms with Gasteiger partial charge in [0.1, 0.15) is 0 Å². The zero-order valence-electron chi connectivity index (χ0n) is 25.7. The van der Waals surface area contributed by atoms with E-state index in [0.717, 1.165) is 6.54 Å². The van der Waals surface area contributed by atoms with E-state index in [2.05, 4.69) is 175 Å². The van der Waals surface area contributed by atoms with Crippen LogP contribution in [0.2, 0.25) is 0 Å². The van der Waals surface area contributed by atoms with Crippen molar-refractivity contribution in [2.24, 2.45) is 0 Å². The molecule has 1 aromatic heterocycles. The zero-order chi connectivity index (χ0) is 30.6. The number of aryl methyl sites for hydroxylation is 1. The molecular formula is C44H32N2. The van der Waals surface area contributed by atoms with Crippen LogP contribution in [-0.4, -0.2) is 4.57 Å². The average molecular weight is 589 g/mol. The molecule has 0 amide bonds. The van der Waals surface area contributed by atoms with Gasteiger partial charge in [-0.2, -0.15) is 0 Å². The summed E-state index contributed by atoms with van der Waals surface area (Å²) in [4.78, 5) is 0. The lowest BCUT2D eigenvalue weighted by molar-refractivity contribution is 0.855. The highest BCUT2D eigenvalue weighted by atomic mass is 15.0. The first-order valence-corrected chi connectivity index (χ1v) is 16.0. The summed E-state index contributed by atoms with van der Waals surface area (Å²) >= 11 is 0. The van der Waals surface area contributed by atoms with Gasteiger partial charge in [-0.25, -0.2) is 0 Å². The third-order valence-electron chi connectivity index (χ3n) is 9.49. The van der Waals surface area contributed by atoms with Crippen LogP contribution < -0.4 is 5.32 Å². The SMILES string of the molecule is Cc1cccc(-n2c3c(c4cc(-c5ccc6c(-c7ccccc7)c7ccccc7c(-c7ccccc7)c6c5)ccc42)CNC=C3)c1. The predicted molar refractivity (Wildman–Crippen MR) is 195 cm³/mol. The van der Waals surface area contributed by atoms with Gasteiger partial charge < -0.3 is 9.88 Å². The number of nitrogens with zero attached hydrogens (tertiary/aromatic N) is 1. The van der Waals surface area contributed by atoms with Gasteiger partial charge in [0.05, 0.1) is 11.2 Å². The molecule has 1 N–H and O–H groups in total. The lowest BCUT2D eigenvalue weighted by Gasteiger charge is -2.18. The van der Waals surface area contributed by atoms with Crippen LogP contribution >= 0.6 is 0 Å². The predicted octanol–water partition coefficient (Wildman–Crippen LogP) is 11.3. The Hall–Kier alpha value is -5.86. The van der Waals surface area contributed by atoms with E-state index >= 15 is 0 Å². The molecule has 0 atom stereocenters. The Morgan fingerprint density at radius 3 is 1.80 bits per heavy atom. The maximum atomic E-state index is 3.46. The third-order valence-corrected chi connectivity index (χ3v) is 9.49. The minimum atomic E-state index is 0.812. The van der Waals surface area contributed by atoms with Crippen LogP contribution in [0.3, 0.4) is 0 Å². The molecule has 1 aliphatic heterocycles. The van der Waals surface area contributed by atoms with Gasteiger partial charge in [-0.3, -0.25) is 0 Å². The van der Waals surface area contributed by atoms with E-state index in [4.69, 9.17) is 0 Å². The highest BCUT2D eigenvalue weighted by Gasteiger charge is 2.21. The summed E-state index contributed by atoms with van der Waals surface area (Å²) in [6.07, 6.45) is 4.27. The van der Waals surface area contributed by atoms with E-state index in [1.54, 1.807) is 0 Å². The molecular weight excluding hydrogens is 556 g/mol. The Morgan fingerprint density at radius 2 is 1.11 bits per heavy atom. The monoisotopic (exact) mass is 588 g/mol. The quantitative estimate of drug-likeness (QED) is 0.202. The summed E-state index contributed by atoms with van der Waals surface area (Å²) in [6.45, 7) is 2.97. The topological polar surface area (TPSA) is 17.0 Å². The van der Waals surface area contributed by atoms with Crippen molar-refractivity contribution in [3.8, 4) is 39.1 Å². The number of aromatic nitrogens is 1. The second kappa shape index (κ2) is 10.6. The Balaban J connectivity index is 1.32. The van der Waals surface area contributed by atoms with Gasteiger partial charge in [-0.05, 0) is 110 Å². The highest BCUT2D eigenvalue weighted by molar-refractivity contribution is 6.22. The number of hydrogen-bond acceptors (Lipinski definition) is 1. The summed E-state index contributed by atoms with van der Waals surface area (Å²) in [6, 6.07) is 53.4. The van der Waals surface area contributed by atoms with E-state index in [0.29, 0.717) is 0 Å². The van der Waals surface area contributed by atoms with Crippen LogP contribution in [0, 0.1) is 6.92 Å². The van der Waals surface area contributed by atoms with Gasteiger partial charge in [0.2, 0.25) is 0 Å². The molecule has 1 aliphatic rings. The first-order valence-electron chi connectivity index (χ1n) is 16.0. The molecule has 9 rings (SSSR count). The molecule has 0 fully saturated rings. The lowest BCUT2D eigenvalue weighted by atomic mass is 9.85. The van der Waals surface area contributed by atoms with E-state index in [-0.39, 0.29) is 0 Å². The number of benzene rings is 7. The molecule has 46 heavy (non-hydrogen) atoms. The fourth-order valence-electron chi connectivity index (χ4n) is 7.45. The molecule has 0 saturated carbocycles. The molecule has 8 aromatic rings. The first kappa shape index (κ1) is 26.5. The zero-order valence-corrected chi connectivity index (χ0v) is 25.7. The van der Waals surface area contributed by atoms with Gasteiger partial charge in [-0.1, -0.05) is 115 Å². The van der Waals surface area contributed by atoms with Gasteiger partial charge in [-0.15, -0.1) is 0 Å². The summed E-state index contributed by atoms with van der Waals surface area (Å²) < 4.78 is 2.41. The van der Waals surface area contributed by atoms with Crippen molar-refractivity contribution in [2.45, 2.75) is 13.5 Å². The molecule has 2 heteroatoms. The molecule has 0 saturated heterocycles. The Labute approximate surface area is 268 Å². The highest BCUT2D eigenvalue weighted by Crippen LogP contribution is 2.45. The fraction of sp³-hybridized carbons (Fsp3) is 0.0455. The van der Waals surface area contributed by atoms with Gasteiger partial charge in [0, 0.05) is 23.2 Å². The molecule has 0 spiro atoms. The van der Waals surface area contributed by atoms with Crippen molar-refractivity contribution in [1.29, 1.82) is 0 Å². The van der Waals surface area contributed by atoms with Crippen molar-refractivity contribution in [2.75, 3.05) is 0 Å². The smallest absolute Gasteiger partial charge is 0.0538 e. The van der Waals surface area contributed by atoms with Crippen LogP contribution in [0.5, 0.6) is 0 Å². The minimum absolute atomic E-state index is 0.812. The Morgan fingerprint density at radius 1 is 0.500 bits per heavy atom. The van der Waals surface area contributed by atoms with Crippen molar-refractivity contribution in [1.82, 2.24) is 9.88 Å². The average Bonchev–Trinajstić information content (AvgIpc) is 3.45. The maximum Gasteiger partial charge on any atom is 0.0538 e. The Bertz CT molecular complexity index is 2470. The van der Waals surface area contributed by atoms with Crippen molar-refractivity contribution < 1.29 is 0 Å². The van der Waals surface area contributed by atoms with E-state index in [1.807, 2.05) is 0 Å². The van der Waals surface area contributed by atoms with Crippen LogP contribution in [0.1, 0.15) is 16.8 Å². The van der Waals surface area contributed by atoms with Crippen molar-refractivity contribution >= 4 is 38.5 Å². The first-order chi connectivity index (χ1) is 22.7. The number of fused-ring (bicyclic) bond motifs is 5. The van der Waals surface area contributed by atoms with Crippen molar-refractivity contribution in [3.63, 3.8) is 0 Å². The molecule has 2 heterocycles. The van der Waals surface area contributed by atoms with Crippen LogP contribution in [0.15, 0.2) is 152 Å². The minimum Gasteiger partial charge on any atom is -0.387 e. The second-order valence-corrected chi connectivity index (χ2v) is 12.3. The normalized spacial score (nSPS) is 12.5. The lowest BCUT2D eigenvalue weighted by Crippen LogP contribution is -2.10. The maximum absolute atomic E-state index is 3.46. The molecule has 0 unspecified atom stereocenters. The van der Waals surface area contributed by atoms with Crippen LogP contribution in [0.4, 0.5) is 0 Å².